The van der Waals surface area contributed by atoms with Crippen LogP contribution in [-0.2, 0) is 6.61 Å². The van der Waals surface area contributed by atoms with Crippen molar-refractivity contribution in [2.75, 3.05) is 0 Å². The Balaban J connectivity index is 1.52. The van der Waals surface area contributed by atoms with E-state index in [-0.39, 0.29) is 11.9 Å². The number of carbonyl (C=O) groups excluding carboxylic acids is 1. The Morgan fingerprint density at radius 1 is 0.931 bits per heavy atom. The van der Waals surface area contributed by atoms with Gasteiger partial charge in [-0.3, -0.25) is 9.78 Å². The molecule has 0 radical (unpaired) electrons. The van der Waals surface area contributed by atoms with Gasteiger partial charge in [-0.05, 0) is 53.1 Å². The average molecular weight is 382 g/mol. The van der Waals surface area contributed by atoms with Gasteiger partial charge in [-0.2, -0.15) is 0 Å². The molecule has 0 spiro atoms. The van der Waals surface area contributed by atoms with Crippen molar-refractivity contribution in [3.8, 4) is 5.75 Å². The summed E-state index contributed by atoms with van der Waals surface area (Å²) in [6.45, 7) is 2.38. The van der Waals surface area contributed by atoms with Crippen molar-refractivity contribution in [3.63, 3.8) is 0 Å². The van der Waals surface area contributed by atoms with Crippen LogP contribution in [0.3, 0.4) is 0 Å². The third-order valence-corrected chi connectivity index (χ3v) is 4.91. The minimum absolute atomic E-state index is 0.137. The third-order valence-electron chi connectivity index (χ3n) is 4.91. The van der Waals surface area contributed by atoms with Gasteiger partial charge in [0.25, 0.3) is 5.91 Å². The van der Waals surface area contributed by atoms with E-state index in [9.17, 15) is 4.79 Å². The SMILES string of the molecule is C[C@@H](NC(=O)c1ccccc1OCc1ccncc1)c1cccc2ccccc12. The van der Waals surface area contributed by atoms with Crippen LogP contribution in [0.2, 0.25) is 0 Å². The maximum absolute atomic E-state index is 13.0. The third kappa shape index (κ3) is 4.27. The average Bonchev–Trinajstić information content (AvgIpc) is 2.78. The number of nitrogens with one attached hydrogen (secondary N) is 1. The number of hydrogen-bond donors (Lipinski definition) is 1. The highest BCUT2D eigenvalue weighted by molar-refractivity contribution is 5.97. The van der Waals surface area contributed by atoms with Crippen LogP contribution >= 0.6 is 0 Å². The molecule has 0 saturated carbocycles. The van der Waals surface area contributed by atoms with Crippen LogP contribution in [0.1, 0.15) is 34.5 Å². The summed E-state index contributed by atoms with van der Waals surface area (Å²) < 4.78 is 5.91. The minimum atomic E-state index is -0.157. The van der Waals surface area contributed by atoms with E-state index in [0.29, 0.717) is 17.9 Å². The Bertz CT molecular complexity index is 1120. The van der Waals surface area contributed by atoms with Crippen LogP contribution in [0.4, 0.5) is 0 Å². The Labute approximate surface area is 170 Å². The number of benzene rings is 3. The highest BCUT2D eigenvalue weighted by atomic mass is 16.5. The van der Waals surface area contributed by atoms with Gasteiger partial charge in [-0.1, -0.05) is 54.6 Å². The lowest BCUT2D eigenvalue weighted by atomic mass is 9.99. The number of hydrogen-bond acceptors (Lipinski definition) is 3. The Hall–Kier alpha value is -3.66. The standard InChI is InChI=1S/C25H22N2O2/c1-18(21-11-6-8-20-7-2-3-9-22(20)21)27-25(28)23-10-4-5-12-24(23)29-17-19-13-15-26-16-14-19/h2-16,18H,17H2,1H3,(H,27,28)/t18-/m1/s1. The van der Waals surface area contributed by atoms with Crippen molar-refractivity contribution in [2.45, 2.75) is 19.6 Å². The first-order valence-electron chi connectivity index (χ1n) is 9.61. The van der Waals surface area contributed by atoms with E-state index < -0.39 is 0 Å². The largest absolute Gasteiger partial charge is 0.488 e. The molecular weight excluding hydrogens is 360 g/mol. The number of carbonyl (C=O) groups is 1. The molecule has 1 heterocycles. The molecule has 1 aromatic heterocycles. The maximum atomic E-state index is 13.0. The van der Waals surface area contributed by atoms with Crippen LogP contribution in [-0.4, -0.2) is 10.9 Å². The summed E-state index contributed by atoms with van der Waals surface area (Å²) in [4.78, 5) is 17.0. The first kappa shape index (κ1) is 18.7. The predicted molar refractivity (Wildman–Crippen MR) is 115 cm³/mol. The van der Waals surface area contributed by atoms with E-state index in [4.69, 9.17) is 4.74 Å². The van der Waals surface area contributed by atoms with Gasteiger partial charge in [0.1, 0.15) is 12.4 Å². The smallest absolute Gasteiger partial charge is 0.255 e. The molecule has 1 amide bonds. The molecule has 0 aliphatic rings. The fraction of sp³-hybridized carbons (Fsp3) is 0.120. The van der Waals surface area contributed by atoms with Gasteiger partial charge in [0.15, 0.2) is 0 Å². The lowest BCUT2D eigenvalue weighted by molar-refractivity contribution is 0.0935. The Kier molecular flexibility index (Phi) is 5.52. The van der Waals surface area contributed by atoms with Crippen molar-refractivity contribution in [1.29, 1.82) is 0 Å². The fourth-order valence-electron chi connectivity index (χ4n) is 3.40. The summed E-state index contributed by atoms with van der Waals surface area (Å²) in [5, 5.41) is 5.42. The van der Waals surface area contributed by atoms with Crippen LogP contribution in [0.15, 0.2) is 91.3 Å². The molecular formula is C25H22N2O2. The number of para-hydroxylation sites is 1. The van der Waals surface area contributed by atoms with Crippen LogP contribution in [0.25, 0.3) is 10.8 Å². The summed E-state index contributed by atoms with van der Waals surface area (Å²) in [6, 6.07) is 25.3. The molecule has 0 aliphatic heterocycles. The second-order valence-corrected chi connectivity index (χ2v) is 6.90. The molecule has 4 aromatic rings. The van der Waals surface area contributed by atoms with Gasteiger partial charge in [0.2, 0.25) is 0 Å². The molecule has 0 fully saturated rings. The van der Waals surface area contributed by atoms with E-state index in [2.05, 4.69) is 34.6 Å². The second-order valence-electron chi connectivity index (χ2n) is 6.90. The summed E-state index contributed by atoms with van der Waals surface area (Å²) in [7, 11) is 0. The fourth-order valence-corrected chi connectivity index (χ4v) is 3.40. The number of ether oxygens (including phenoxy) is 1. The highest BCUT2D eigenvalue weighted by Crippen LogP contribution is 2.25. The molecule has 1 atom stereocenters. The Morgan fingerprint density at radius 2 is 1.66 bits per heavy atom. The van der Waals surface area contributed by atoms with E-state index in [1.807, 2.05) is 55.5 Å². The van der Waals surface area contributed by atoms with Crippen LogP contribution in [0, 0.1) is 0 Å². The zero-order valence-electron chi connectivity index (χ0n) is 16.2. The molecule has 4 heteroatoms. The predicted octanol–water partition coefficient (Wildman–Crippen LogP) is 5.30. The van der Waals surface area contributed by atoms with Crippen molar-refractivity contribution in [1.82, 2.24) is 10.3 Å². The lowest BCUT2D eigenvalue weighted by Gasteiger charge is -2.18. The van der Waals surface area contributed by atoms with Gasteiger partial charge in [0.05, 0.1) is 11.6 Å². The summed E-state index contributed by atoms with van der Waals surface area (Å²) in [5.74, 6) is 0.405. The quantitative estimate of drug-likeness (QED) is 0.492. The van der Waals surface area contributed by atoms with Crippen molar-refractivity contribution in [2.24, 2.45) is 0 Å². The first-order valence-corrected chi connectivity index (χ1v) is 9.61. The molecule has 1 N–H and O–H groups in total. The highest BCUT2D eigenvalue weighted by Gasteiger charge is 2.17. The molecule has 4 rings (SSSR count). The zero-order chi connectivity index (χ0) is 20.1. The van der Waals surface area contributed by atoms with E-state index >= 15 is 0 Å². The summed E-state index contributed by atoms with van der Waals surface area (Å²) in [6.07, 6.45) is 3.45. The zero-order valence-corrected chi connectivity index (χ0v) is 16.2. The molecule has 3 aromatic carbocycles. The van der Waals surface area contributed by atoms with Gasteiger partial charge in [-0.15, -0.1) is 0 Å². The summed E-state index contributed by atoms with van der Waals surface area (Å²) >= 11 is 0. The lowest BCUT2D eigenvalue weighted by Crippen LogP contribution is -2.27. The number of rotatable bonds is 6. The molecule has 0 unspecified atom stereocenters. The van der Waals surface area contributed by atoms with E-state index in [1.165, 1.54) is 0 Å². The van der Waals surface area contributed by atoms with E-state index in [0.717, 1.165) is 21.9 Å². The normalized spacial score (nSPS) is 11.8. The number of amides is 1. The van der Waals surface area contributed by atoms with Crippen molar-refractivity contribution in [3.05, 3.63) is 108 Å². The van der Waals surface area contributed by atoms with Crippen molar-refractivity contribution >= 4 is 16.7 Å². The molecule has 29 heavy (non-hydrogen) atoms. The second kappa shape index (κ2) is 8.57. The number of fused-ring (bicyclic) bond motifs is 1. The number of pyridine rings is 1. The topological polar surface area (TPSA) is 51.2 Å². The molecule has 0 aliphatic carbocycles. The van der Waals surface area contributed by atoms with Gasteiger partial charge in [-0.25, -0.2) is 0 Å². The molecule has 144 valence electrons. The van der Waals surface area contributed by atoms with Gasteiger partial charge >= 0.3 is 0 Å². The van der Waals surface area contributed by atoms with Crippen LogP contribution < -0.4 is 10.1 Å². The minimum Gasteiger partial charge on any atom is -0.488 e. The van der Waals surface area contributed by atoms with Gasteiger partial charge < -0.3 is 10.1 Å². The first-order chi connectivity index (χ1) is 14.2. The van der Waals surface area contributed by atoms with E-state index in [1.54, 1.807) is 18.5 Å². The number of nitrogens with zero attached hydrogens (tertiary/aromatic N) is 1. The maximum Gasteiger partial charge on any atom is 0.255 e. The van der Waals surface area contributed by atoms with Crippen molar-refractivity contribution < 1.29 is 9.53 Å². The van der Waals surface area contributed by atoms with Gasteiger partial charge in [0, 0.05) is 12.4 Å². The Morgan fingerprint density at radius 3 is 2.52 bits per heavy atom. The molecule has 4 nitrogen and oxygen atoms in total. The number of aromatic nitrogens is 1. The van der Waals surface area contributed by atoms with Crippen LogP contribution in [0.5, 0.6) is 5.75 Å². The molecule has 0 bridgehead atoms. The molecule has 0 saturated heterocycles. The summed E-state index contributed by atoms with van der Waals surface area (Å²) in [5.41, 5.74) is 2.61. The monoisotopic (exact) mass is 382 g/mol.